The molecular weight excluding hydrogens is 824 g/mol. The number of hydrogen-bond acceptors (Lipinski definition) is 11. The Labute approximate surface area is 383 Å². The monoisotopic (exact) mass is 919 g/mol. The first-order valence-electron chi connectivity index (χ1n) is 25.7. The van der Waals surface area contributed by atoms with Crippen LogP contribution < -0.4 is 0 Å². The molecule has 12 nitrogen and oxygen atoms in total. The highest BCUT2D eigenvalue weighted by Gasteiger charge is 2.51. The van der Waals surface area contributed by atoms with E-state index >= 15 is 0 Å². The van der Waals surface area contributed by atoms with E-state index in [4.69, 9.17) is 18.5 Å². The lowest BCUT2D eigenvalue weighted by atomic mass is 9.85. The van der Waals surface area contributed by atoms with Crippen molar-refractivity contribution in [2.24, 2.45) is 0 Å². The van der Waals surface area contributed by atoms with Crippen molar-refractivity contribution in [3.63, 3.8) is 0 Å². The van der Waals surface area contributed by atoms with Crippen LogP contribution in [0.5, 0.6) is 0 Å². The third-order valence-corrected chi connectivity index (χ3v) is 13.1. The van der Waals surface area contributed by atoms with E-state index in [1.54, 1.807) is 0 Å². The second kappa shape index (κ2) is 41.0. The highest BCUT2D eigenvalue weighted by Crippen LogP contribution is 2.47. The molecule has 1 saturated carbocycles. The summed E-state index contributed by atoms with van der Waals surface area (Å²) in [5.41, 5.74) is 0. The first kappa shape index (κ1) is 59.8. The molecule has 0 heterocycles. The number of unbranched alkanes of at least 4 members (excludes halogenated alkanes) is 28. The Balaban J connectivity index is 2.31. The second-order valence-corrected chi connectivity index (χ2v) is 19.4. The predicted molar refractivity (Wildman–Crippen MR) is 253 cm³/mol. The van der Waals surface area contributed by atoms with Crippen LogP contribution in [-0.4, -0.2) is 98.9 Å². The quantitative estimate of drug-likeness (QED) is 0.0147. The van der Waals surface area contributed by atoms with E-state index in [2.05, 4.69) is 38.2 Å². The highest BCUT2D eigenvalue weighted by atomic mass is 31.2. The van der Waals surface area contributed by atoms with Crippen molar-refractivity contribution < 1.29 is 58.3 Å². The van der Waals surface area contributed by atoms with Crippen LogP contribution in [0.2, 0.25) is 0 Å². The average molecular weight is 919 g/mol. The number of phosphoric acid groups is 1. The van der Waals surface area contributed by atoms with E-state index in [9.17, 15) is 39.8 Å². The van der Waals surface area contributed by atoms with Crippen molar-refractivity contribution in [1.82, 2.24) is 0 Å². The molecule has 0 saturated heterocycles. The molecule has 1 aliphatic carbocycles. The minimum atomic E-state index is -5.02. The van der Waals surface area contributed by atoms with Crippen molar-refractivity contribution in [3.8, 4) is 0 Å². The summed E-state index contributed by atoms with van der Waals surface area (Å²) in [5, 5.41) is 50.3. The fourth-order valence-corrected chi connectivity index (χ4v) is 8.93. The summed E-state index contributed by atoms with van der Waals surface area (Å²) in [6.45, 7) is 4.24. The molecule has 6 unspecified atom stereocenters. The van der Waals surface area contributed by atoms with Gasteiger partial charge < -0.3 is 39.9 Å². The van der Waals surface area contributed by atoms with E-state index in [1.807, 2.05) is 0 Å². The smallest absolute Gasteiger partial charge is 0.457 e. The SMILES string of the molecule is CCCC/C=C\C/C=C\CCCCCCCC(=O)OC(COCCCCCCCCCCCCCCCCCCCCCCCC)COP(=O)(O)OC1C(O)C(O)C(O)C(O)C1O. The molecule has 0 aromatic rings. The Kier molecular flexibility index (Phi) is 39.0. The van der Waals surface area contributed by atoms with Crippen LogP contribution in [0.25, 0.3) is 0 Å². The number of carbonyl (C=O) groups excluding carboxylic acids is 1. The van der Waals surface area contributed by atoms with Crippen LogP contribution in [0.3, 0.4) is 0 Å². The van der Waals surface area contributed by atoms with E-state index < -0.39 is 63.1 Å². The molecule has 0 aromatic heterocycles. The maximum atomic E-state index is 12.8. The molecule has 1 rings (SSSR count). The summed E-state index contributed by atoms with van der Waals surface area (Å²) >= 11 is 0. The number of hydrogen-bond donors (Lipinski definition) is 6. The maximum Gasteiger partial charge on any atom is 0.472 e. The van der Waals surface area contributed by atoms with Gasteiger partial charge in [-0.15, -0.1) is 0 Å². The van der Waals surface area contributed by atoms with Gasteiger partial charge in [-0.25, -0.2) is 4.57 Å². The van der Waals surface area contributed by atoms with Gasteiger partial charge in [-0.1, -0.05) is 205 Å². The topological polar surface area (TPSA) is 192 Å². The molecule has 0 aromatic carbocycles. The molecule has 1 fully saturated rings. The molecule has 0 aliphatic heterocycles. The number of aliphatic hydroxyl groups excluding tert-OH is 5. The Morgan fingerprint density at radius 3 is 1.38 bits per heavy atom. The third-order valence-electron chi connectivity index (χ3n) is 12.1. The number of aliphatic hydroxyl groups is 5. The number of rotatable bonds is 44. The number of phosphoric ester groups is 1. The molecule has 372 valence electrons. The summed E-state index contributed by atoms with van der Waals surface area (Å²) < 4.78 is 34.3. The Morgan fingerprint density at radius 1 is 0.508 bits per heavy atom. The van der Waals surface area contributed by atoms with Gasteiger partial charge in [-0.05, 0) is 38.5 Å². The van der Waals surface area contributed by atoms with Gasteiger partial charge in [0.2, 0.25) is 0 Å². The summed E-state index contributed by atoms with van der Waals surface area (Å²) in [7, 11) is -5.02. The van der Waals surface area contributed by atoms with Gasteiger partial charge in [-0.2, -0.15) is 0 Å². The number of carbonyl (C=O) groups is 1. The lowest BCUT2D eigenvalue weighted by Gasteiger charge is -2.41. The lowest BCUT2D eigenvalue weighted by molar-refractivity contribution is -0.220. The zero-order valence-corrected chi connectivity index (χ0v) is 40.8. The highest BCUT2D eigenvalue weighted by molar-refractivity contribution is 7.47. The minimum absolute atomic E-state index is 0.0780. The van der Waals surface area contributed by atoms with E-state index in [1.165, 1.54) is 135 Å². The second-order valence-electron chi connectivity index (χ2n) is 18.0. The molecule has 0 radical (unpaired) electrons. The number of esters is 1. The fraction of sp³-hybridized carbons (Fsp3) is 0.900. The standard InChI is InChI=1S/C50H95O12P/c1-3-5-7-9-11-13-15-17-19-20-21-22-23-24-25-26-28-30-32-34-36-38-40-59-41-43(42-60-63(57,58)62-50-48(55)46(53)45(52)47(54)49(50)56)61-44(51)39-37-35-33-31-29-27-18-16-14-12-10-8-6-4-2/h10,12,16,18,43,45-50,52-56H,3-9,11,13-15,17,19-42H2,1-2H3,(H,57,58)/b12-10-,18-16-. The van der Waals surface area contributed by atoms with Crippen molar-refractivity contribution in [3.05, 3.63) is 24.3 Å². The molecule has 6 atom stereocenters. The van der Waals surface area contributed by atoms with Crippen LogP contribution in [-0.2, 0) is 27.9 Å². The molecule has 0 spiro atoms. The van der Waals surface area contributed by atoms with Crippen LogP contribution in [0.1, 0.15) is 226 Å². The van der Waals surface area contributed by atoms with Crippen molar-refractivity contribution in [2.45, 2.75) is 268 Å². The maximum absolute atomic E-state index is 12.8. The van der Waals surface area contributed by atoms with Gasteiger partial charge in [0.15, 0.2) is 0 Å². The van der Waals surface area contributed by atoms with Crippen molar-refractivity contribution in [1.29, 1.82) is 0 Å². The molecule has 63 heavy (non-hydrogen) atoms. The van der Waals surface area contributed by atoms with Crippen LogP contribution in [0.4, 0.5) is 0 Å². The van der Waals surface area contributed by atoms with E-state index in [0.717, 1.165) is 64.2 Å². The van der Waals surface area contributed by atoms with Gasteiger partial charge in [0.25, 0.3) is 0 Å². The van der Waals surface area contributed by atoms with Gasteiger partial charge in [0, 0.05) is 13.0 Å². The van der Waals surface area contributed by atoms with Gasteiger partial charge in [-0.3, -0.25) is 13.8 Å². The molecule has 0 amide bonds. The Morgan fingerprint density at radius 2 is 0.905 bits per heavy atom. The Bertz CT molecular complexity index is 1140. The van der Waals surface area contributed by atoms with Crippen LogP contribution in [0.15, 0.2) is 24.3 Å². The first-order valence-corrected chi connectivity index (χ1v) is 27.2. The normalized spacial score (nSPS) is 22.0. The first-order chi connectivity index (χ1) is 30.5. The zero-order valence-electron chi connectivity index (χ0n) is 39.9. The number of ether oxygens (including phenoxy) is 2. The van der Waals surface area contributed by atoms with Crippen molar-refractivity contribution in [2.75, 3.05) is 19.8 Å². The fourth-order valence-electron chi connectivity index (χ4n) is 7.96. The zero-order chi connectivity index (χ0) is 46.2. The third kappa shape index (κ3) is 33.0. The summed E-state index contributed by atoms with van der Waals surface area (Å²) in [6.07, 6.45) is 35.4. The minimum Gasteiger partial charge on any atom is -0.457 e. The molecule has 0 bridgehead atoms. The predicted octanol–water partition coefficient (Wildman–Crippen LogP) is 11.3. The Hall–Kier alpha value is -1.18. The largest absolute Gasteiger partial charge is 0.472 e. The number of allylic oxidation sites excluding steroid dienone is 4. The van der Waals surface area contributed by atoms with Gasteiger partial charge in [0.1, 0.15) is 42.7 Å². The summed E-state index contributed by atoms with van der Waals surface area (Å²) in [6, 6.07) is 0. The van der Waals surface area contributed by atoms with Crippen LogP contribution >= 0.6 is 7.82 Å². The summed E-state index contributed by atoms with van der Waals surface area (Å²) in [5.74, 6) is -0.487. The molecular formula is C50H95O12P. The lowest BCUT2D eigenvalue weighted by Crippen LogP contribution is -2.64. The van der Waals surface area contributed by atoms with Crippen molar-refractivity contribution >= 4 is 13.8 Å². The van der Waals surface area contributed by atoms with Gasteiger partial charge >= 0.3 is 13.8 Å². The summed E-state index contributed by atoms with van der Waals surface area (Å²) in [4.78, 5) is 23.2. The molecule has 6 N–H and O–H groups in total. The molecule has 13 heteroatoms. The van der Waals surface area contributed by atoms with E-state index in [-0.39, 0.29) is 13.0 Å². The van der Waals surface area contributed by atoms with E-state index in [0.29, 0.717) is 13.0 Å². The van der Waals surface area contributed by atoms with Gasteiger partial charge in [0.05, 0.1) is 13.2 Å². The van der Waals surface area contributed by atoms with Crippen LogP contribution in [0, 0.1) is 0 Å². The molecule has 1 aliphatic rings. The average Bonchev–Trinajstić information content (AvgIpc) is 3.27.